The summed E-state index contributed by atoms with van der Waals surface area (Å²) in [6.45, 7) is 0.422. The predicted octanol–water partition coefficient (Wildman–Crippen LogP) is 1.45. The van der Waals surface area contributed by atoms with Gasteiger partial charge in [0.05, 0.1) is 31.2 Å². The molecule has 0 aliphatic rings. The highest BCUT2D eigenvalue weighted by Gasteiger charge is 2.06. The average Bonchev–Trinajstić information content (AvgIpc) is 3.29. The molecule has 9 heteroatoms. The monoisotopic (exact) mass is 337 g/mol. The van der Waals surface area contributed by atoms with Crippen LogP contribution in [0.3, 0.4) is 0 Å². The Kier molecular flexibility index (Phi) is 3.65. The normalized spacial score (nSPS) is 10.9. The molecule has 0 bridgehead atoms. The molecule has 4 aromatic rings. The Bertz CT molecular complexity index is 1060. The van der Waals surface area contributed by atoms with Crippen molar-refractivity contribution in [1.29, 1.82) is 0 Å². The summed E-state index contributed by atoms with van der Waals surface area (Å²) < 4.78 is 6.92. The summed E-state index contributed by atoms with van der Waals surface area (Å²) in [5.74, 6) is 1.16. The lowest BCUT2D eigenvalue weighted by Gasteiger charge is -2.04. The van der Waals surface area contributed by atoms with Gasteiger partial charge in [-0.3, -0.25) is 14.9 Å². The Hall–Kier alpha value is -3.62. The molecule has 3 heterocycles. The second kappa shape index (κ2) is 6.11. The van der Waals surface area contributed by atoms with Crippen LogP contribution >= 0.6 is 0 Å². The molecule has 0 amide bonds. The molecule has 0 unspecified atom stereocenters. The van der Waals surface area contributed by atoms with Gasteiger partial charge in [-0.15, -0.1) is 0 Å². The number of methoxy groups -OCH3 is 1. The molecule has 0 spiro atoms. The first-order valence-electron chi connectivity index (χ1n) is 7.59. The number of hydrogen-bond acceptors (Lipinski definition) is 6. The van der Waals surface area contributed by atoms with Crippen molar-refractivity contribution in [2.45, 2.75) is 6.54 Å². The highest BCUT2D eigenvalue weighted by molar-refractivity contribution is 5.73. The number of ether oxygens (including phenoxy) is 1. The lowest BCUT2D eigenvalue weighted by atomic mass is 10.3. The summed E-state index contributed by atoms with van der Waals surface area (Å²) >= 11 is 0. The Balaban J connectivity index is 1.49. The molecule has 3 aromatic heterocycles. The molecule has 4 rings (SSSR count). The van der Waals surface area contributed by atoms with E-state index >= 15 is 0 Å². The second-order valence-corrected chi connectivity index (χ2v) is 5.35. The maximum Gasteiger partial charge on any atom is 0.263 e. The van der Waals surface area contributed by atoms with Crippen LogP contribution in [0, 0.1) is 0 Å². The summed E-state index contributed by atoms with van der Waals surface area (Å²) in [5, 5.41) is 14.5. The SMILES string of the molecule is COc1ccc(-n2ccc(CNc3nc4[nH]ncc4c(=O)[nH]3)n2)cc1. The summed E-state index contributed by atoms with van der Waals surface area (Å²) in [6, 6.07) is 9.50. The number of aromatic amines is 2. The van der Waals surface area contributed by atoms with Gasteiger partial charge in [0.15, 0.2) is 5.65 Å². The Morgan fingerprint density at radius 1 is 1.24 bits per heavy atom. The third-order valence-corrected chi connectivity index (χ3v) is 3.74. The van der Waals surface area contributed by atoms with E-state index in [1.807, 2.05) is 36.5 Å². The standard InChI is InChI=1S/C16H15N7O2/c1-25-12-4-2-11(3-5-12)23-7-6-10(22-23)8-17-16-19-14-13(9-18-21-14)15(24)20-16/h2-7,9H,8H2,1H3,(H3,17,18,19,20,21,24). The van der Waals surface area contributed by atoms with Crippen LogP contribution in [0.5, 0.6) is 5.75 Å². The lowest BCUT2D eigenvalue weighted by molar-refractivity contribution is 0.414. The lowest BCUT2D eigenvalue weighted by Crippen LogP contribution is -2.13. The molecule has 25 heavy (non-hydrogen) atoms. The van der Waals surface area contributed by atoms with Gasteiger partial charge in [0.25, 0.3) is 5.56 Å². The van der Waals surface area contributed by atoms with E-state index in [0.717, 1.165) is 17.1 Å². The zero-order chi connectivity index (χ0) is 17.2. The molecule has 9 nitrogen and oxygen atoms in total. The van der Waals surface area contributed by atoms with Crippen LogP contribution in [0.15, 0.2) is 47.5 Å². The molecule has 0 radical (unpaired) electrons. The molecule has 0 aliphatic carbocycles. The third-order valence-electron chi connectivity index (χ3n) is 3.74. The summed E-state index contributed by atoms with van der Waals surface area (Å²) in [5.41, 5.74) is 1.93. The first kappa shape index (κ1) is 14.9. The number of anilines is 1. The van der Waals surface area contributed by atoms with E-state index in [9.17, 15) is 4.79 Å². The van der Waals surface area contributed by atoms with Crippen molar-refractivity contribution in [3.63, 3.8) is 0 Å². The minimum Gasteiger partial charge on any atom is -0.497 e. The molecule has 0 fully saturated rings. The Labute approximate surface area is 141 Å². The quantitative estimate of drug-likeness (QED) is 0.508. The van der Waals surface area contributed by atoms with Crippen molar-refractivity contribution in [3.8, 4) is 11.4 Å². The number of hydrogen-bond donors (Lipinski definition) is 3. The van der Waals surface area contributed by atoms with Crippen LogP contribution in [0.2, 0.25) is 0 Å². The first-order valence-corrected chi connectivity index (χ1v) is 7.59. The fourth-order valence-electron chi connectivity index (χ4n) is 2.44. The highest BCUT2D eigenvalue weighted by Crippen LogP contribution is 2.14. The summed E-state index contributed by atoms with van der Waals surface area (Å²) in [6.07, 6.45) is 3.31. The number of nitrogens with zero attached hydrogens (tertiary/aromatic N) is 4. The van der Waals surface area contributed by atoms with E-state index in [-0.39, 0.29) is 5.56 Å². The van der Waals surface area contributed by atoms with Crippen molar-refractivity contribution >= 4 is 17.0 Å². The number of fused-ring (bicyclic) bond motifs is 1. The van der Waals surface area contributed by atoms with Crippen LogP contribution in [0.4, 0.5) is 5.95 Å². The van der Waals surface area contributed by atoms with Crippen molar-refractivity contribution < 1.29 is 4.74 Å². The maximum absolute atomic E-state index is 11.9. The highest BCUT2D eigenvalue weighted by atomic mass is 16.5. The van der Waals surface area contributed by atoms with Gasteiger partial charge in [-0.05, 0) is 30.3 Å². The van der Waals surface area contributed by atoms with Gasteiger partial charge in [-0.25, -0.2) is 4.68 Å². The molecule has 3 N–H and O–H groups in total. The molecular weight excluding hydrogens is 322 g/mol. The number of rotatable bonds is 5. The molecule has 0 aliphatic heterocycles. The van der Waals surface area contributed by atoms with Crippen LogP contribution in [0.25, 0.3) is 16.7 Å². The molecule has 126 valence electrons. The number of H-pyrrole nitrogens is 2. The van der Waals surface area contributed by atoms with Gasteiger partial charge in [-0.1, -0.05) is 0 Å². The zero-order valence-electron chi connectivity index (χ0n) is 13.4. The fourth-order valence-corrected chi connectivity index (χ4v) is 2.44. The van der Waals surface area contributed by atoms with E-state index in [1.165, 1.54) is 6.20 Å². The van der Waals surface area contributed by atoms with E-state index in [4.69, 9.17) is 4.74 Å². The molecule has 0 atom stereocenters. The maximum atomic E-state index is 11.9. The van der Waals surface area contributed by atoms with Crippen molar-refractivity contribution in [3.05, 3.63) is 58.8 Å². The van der Waals surface area contributed by atoms with Gasteiger partial charge in [0.2, 0.25) is 5.95 Å². The van der Waals surface area contributed by atoms with Crippen LogP contribution in [-0.4, -0.2) is 37.1 Å². The molecular formula is C16H15N7O2. The number of aromatic nitrogens is 6. The topological polar surface area (TPSA) is 114 Å². The number of benzene rings is 1. The van der Waals surface area contributed by atoms with Crippen LogP contribution in [0.1, 0.15) is 5.69 Å². The van der Waals surface area contributed by atoms with Gasteiger partial charge in [-0.2, -0.15) is 15.2 Å². The van der Waals surface area contributed by atoms with Gasteiger partial charge in [0, 0.05) is 6.20 Å². The smallest absolute Gasteiger partial charge is 0.263 e. The minimum atomic E-state index is -0.245. The van der Waals surface area contributed by atoms with E-state index in [0.29, 0.717) is 23.5 Å². The van der Waals surface area contributed by atoms with Crippen molar-refractivity contribution in [2.75, 3.05) is 12.4 Å². The van der Waals surface area contributed by atoms with Crippen LogP contribution < -0.4 is 15.6 Å². The second-order valence-electron chi connectivity index (χ2n) is 5.35. The predicted molar refractivity (Wildman–Crippen MR) is 92.0 cm³/mol. The van der Waals surface area contributed by atoms with E-state index in [2.05, 4.69) is 30.6 Å². The van der Waals surface area contributed by atoms with Crippen LogP contribution in [-0.2, 0) is 6.54 Å². The first-order chi connectivity index (χ1) is 12.2. The van der Waals surface area contributed by atoms with Gasteiger partial charge in [0.1, 0.15) is 11.1 Å². The summed E-state index contributed by atoms with van der Waals surface area (Å²) in [4.78, 5) is 18.8. The Morgan fingerprint density at radius 2 is 2.08 bits per heavy atom. The number of nitrogens with one attached hydrogen (secondary N) is 3. The third kappa shape index (κ3) is 2.94. The van der Waals surface area contributed by atoms with E-state index < -0.39 is 0 Å². The van der Waals surface area contributed by atoms with Crippen molar-refractivity contribution in [1.82, 2.24) is 29.9 Å². The van der Waals surface area contributed by atoms with E-state index in [1.54, 1.807) is 11.8 Å². The van der Waals surface area contributed by atoms with Crippen molar-refractivity contribution in [2.24, 2.45) is 0 Å². The zero-order valence-corrected chi connectivity index (χ0v) is 13.4. The minimum absolute atomic E-state index is 0.245. The largest absolute Gasteiger partial charge is 0.497 e. The van der Waals surface area contributed by atoms with Gasteiger partial charge < -0.3 is 10.1 Å². The van der Waals surface area contributed by atoms with Gasteiger partial charge >= 0.3 is 0 Å². The molecule has 1 aromatic carbocycles. The molecule has 0 saturated carbocycles. The fraction of sp³-hybridized carbons (Fsp3) is 0.125. The summed E-state index contributed by atoms with van der Waals surface area (Å²) in [7, 11) is 1.63. The average molecular weight is 337 g/mol. The Morgan fingerprint density at radius 3 is 2.88 bits per heavy atom. The molecule has 0 saturated heterocycles.